The Bertz CT molecular complexity index is 221. The number of aliphatic hydroxyl groups is 1. The second-order valence-corrected chi connectivity index (χ2v) is 7.89. The van der Waals surface area contributed by atoms with E-state index in [2.05, 4.69) is 6.92 Å². The number of carbonyl (C=O) groups is 1. The first-order chi connectivity index (χ1) is 8.35. The molecule has 0 aliphatic rings. The smallest absolute Gasteiger partial charge is 0.192 e. The normalized spacial score (nSPS) is 13.6. The van der Waals surface area contributed by atoms with Crippen molar-refractivity contribution in [2.24, 2.45) is 0 Å². The van der Waals surface area contributed by atoms with Crippen LogP contribution in [0.4, 0.5) is 0 Å². The summed E-state index contributed by atoms with van der Waals surface area (Å²) in [5.74, 6) is 0. The van der Waals surface area contributed by atoms with Crippen molar-refractivity contribution in [3.8, 4) is 0 Å². The Morgan fingerprint density at radius 2 is 1.67 bits per heavy atom. The Morgan fingerprint density at radius 3 is 2.22 bits per heavy atom. The Morgan fingerprint density at radius 1 is 1.11 bits per heavy atom. The van der Waals surface area contributed by atoms with Crippen LogP contribution in [0.25, 0.3) is 0 Å². The van der Waals surface area contributed by atoms with Crippen molar-refractivity contribution in [1.82, 2.24) is 0 Å². The molecule has 0 aliphatic heterocycles. The van der Waals surface area contributed by atoms with Crippen molar-refractivity contribution >= 4 is 16.9 Å². The van der Waals surface area contributed by atoms with Crippen LogP contribution in [0.3, 0.4) is 0 Å². The second-order valence-electron chi connectivity index (χ2n) is 6.00. The zero-order chi connectivity index (χ0) is 14.0. The fraction of sp³-hybridized carbons (Fsp3) is 0.933. The molecule has 0 bridgehead atoms. The Kier molecular flexibility index (Phi) is 9.84. The van der Waals surface area contributed by atoms with Crippen molar-refractivity contribution in [3.05, 3.63) is 0 Å². The van der Waals surface area contributed by atoms with E-state index in [0.717, 1.165) is 12.8 Å². The van der Waals surface area contributed by atoms with Crippen molar-refractivity contribution in [3.63, 3.8) is 0 Å². The molecule has 0 fully saturated rings. The number of hydrogen-bond acceptors (Lipinski definition) is 3. The molecule has 18 heavy (non-hydrogen) atoms. The molecular weight excluding hydrogens is 244 g/mol. The van der Waals surface area contributed by atoms with Crippen molar-refractivity contribution < 1.29 is 9.90 Å². The molecular formula is C15H30O2S. The molecule has 0 rings (SSSR count). The van der Waals surface area contributed by atoms with E-state index in [-0.39, 0.29) is 9.86 Å². The van der Waals surface area contributed by atoms with Crippen LogP contribution in [0, 0.1) is 0 Å². The molecule has 0 saturated heterocycles. The first-order valence-electron chi connectivity index (χ1n) is 7.25. The summed E-state index contributed by atoms with van der Waals surface area (Å²) in [4.78, 5) is 11.6. The quantitative estimate of drug-likeness (QED) is 0.627. The van der Waals surface area contributed by atoms with Gasteiger partial charge in [-0.2, -0.15) is 0 Å². The summed E-state index contributed by atoms with van der Waals surface area (Å²) in [5.41, 5.74) is 0. The molecule has 0 heterocycles. The highest BCUT2D eigenvalue weighted by atomic mass is 32.2. The Labute approximate surface area is 117 Å². The topological polar surface area (TPSA) is 37.3 Å². The molecule has 1 atom stereocenters. The van der Waals surface area contributed by atoms with Gasteiger partial charge in [0.25, 0.3) is 0 Å². The van der Waals surface area contributed by atoms with E-state index in [0.29, 0.717) is 6.42 Å². The van der Waals surface area contributed by atoms with Gasteiger partial charge in [0, 0.05) is 11.2 Å². The van der Waals surface area contributed by atoms with Gasteiger partial charge in [-0.3, -0.25) is 4.79 Å². The van der Waals surface area contributed by atoms with Crippen LogP contribution in [0.5, 0.6) is 0 Å². The van der Waals surface area contributed by atoms with Gasteiger partial charge >= 0.3 is 0 Å². The number of aliphatic hydroxyl groups excluding tert-OH is 1. The molecule has 0 aliphatic carbocycles. The van der Waals surface area contributed by atoms with Crippen LogP contribution in [0.2, 0.25) is 0 Å². The van der Waals surface area contributed by atoms with E-state index < -0.39 is 6.10 Å². The zero-order valence-electron chi connectivity index (χ0n) is 12.5. The lowest BCUT2D eigenvalue weighted by molar-refractivity contribution is -0.112. The van der Waals surface area contributed by atoms with E-state index in [1.54, 1.807) is 0 Å². The fourth-order valence-corrected chi connectivity index (χ4v) is 2.80. The summed E-state index contributed by atoms with van der Waals surface area (Å²) in [6.07, 6.45) is 7.97. The van der Waals surface area contributed by atoms with Gasteiger partial charge < -0.3 is 5.11 Å². The zero-order valence-corrected chi connectivity index (χ0v) is 13.3. The SMILES string of the molecule is CCCCCCCC[C@H](O)CC(=O)SC(C)(C)C. The third-order valence-corrected chi connectivity index (χ3v) is 3.72. The number of thioether (sulfide) groups is 1. The summed E-state index contributed by atoms with van der Waals surface area (Å²) >= 11 is 1.34. The molecule has 0 saturated carbocycles. The van der Waals surface area contributed by atoms with Crippen LogP contribution < -0.4 is 0 Å². The summed E-state index contributed by atoms with van der Waals surface area (Å²) in [7, 11) is 0. The molecule has 2 nitrogen and oxygen atoms in total. The van der Waals surface area contributed by atoms with Crippen LogP contribution in [-0.4, -0.2) is 21.1 Å². The highest BCUT2D eigenvalue weighted by Crippen LogP contribution is 2.26. The molecule has 0 aromatic carbocycles. The third-order valence-electron chi connectivity index (χ3n) is 2.71. The van der Waals surface area contributed by atoms with Gasteiger partial charge in [0.2, 0.25) is 0 Å². The molecule has 0 spiro atoms. The summed E-state index contributed by atoms with van der Waals surface area (Å²) in [6.45, 7) is 8.28. The van der Waals surface area contributed by atoms with E-state index in [1.807, 2.05) is 20.8 Å². The van der Waals surface area contributed by atoms with E-state index in [9.17, 15) is 9.90 Å². The minimum atomic E-state index is -0.446. The lowest BCUT2D eigenvalue weighted by atomic mass is 10.1. The predicted octanol–water partition coefficient (Wildman–Crippen LogP) is 4.55. The Balaban J connectivity index is 3.53. The predicted molar refractivity (Wildman–Crippen MR) is 81.0 cm³/mol. The first kappa shape index (κ1) is 18.0. The lowest BCUT2D eigenvalue weighted by Gasteiger charge is -2.17. The lowest BCUT2D eigenvalue weighted by Crippen LogP contribution is -2.17. The molecule has 0 radical (unpaired) electrons. The van der Waals surface area contributed by atoms with Crippen LogP contribution >= 0.6 is 11.8 Å². The van der Waals surface area contributed by atoms with Crippen LogP contribution in [0.15, 0.2) is 0 Å². The monoisotopic (exact) mass is 274 g/mol. The number of hydrogen-bond donors (Lipinski definition) is 1. The fourth-order valence-electron chi connectivity index (χ4n) is 1.84. The first-order valence-corrected chi connectivity index (χ1v) is 8.06. The number of unbranched alkanes of at least 4 members (excludes halogenated alkanes) is 5. The largest absolute Gasteiger partial charge is 0.393 e. The molecule has 0 amide bonds. The van der Waals surface area contributed by atoms with E-state index in [4.69, 9.17) is 0 Å². The average Bonchev–Trinajstić information content (AvgIpc) is 2.20. The molecule has 0 aromatic rings. The van der Waals surface area contributed by atoms with Crippen LogP contribution in [-0.2, 0) is 4.79 Å². The maximum absolute atomic E-state index is 11.6. The molecule has 108 valence electrons. The maximum Gasteiger partial charge on any atom is 0.192 e. The van der Waals surface area contributed by atoms with Gasteiger partial charge in [0.1, 0.15) is 0 Å². The molecule has 0 aromatic heterocycles. The van der Waals surface area contributed by atoms with Gasteiger partial charge in [0.05, 0.1) is 6.10 Å². The maximum atomic E-state index is 11.6. The standard InChI is InChI=1S/C15H30O2S/c1-5-6-7-8-9-10-11-13(16)12-14(17)18-15(2,3)4/h13,16H,5-12H2,1-4H3/t13-/m0/s1. The molecule has 3 heteroatoms. The van der Waals surface area contributed by atoms with Gasteiger partial charge in [-0.05, 0) is 6.42 Å². The third kappa shape index (κ3) is 12.4. The van der Waals surface area contributed by atoms with Gasteiger partial charge in [-0.15, -0.1) is 0 Å². The number of rotatable bonds is 9. The van der Waals surface area contributed by atoms with Gasteiger partial charge in [0.15, 0.2) is 5.12 Å². The van der Waals surface area contributed by atoms with E-state index in [1.165, 1.54) is 43.9 Å². The highest BCUT2D eigenvalue weighted by Gasteiger charge is 2.19. The minimum Gasteiger partial charge on any atom is -0.393 e. The van der Waals surface area contributed by atoms with Crippen molar-refractivity contribution in [2.45, 2.75) is 89.9 Å². The molecule has 1 N–H and O–H groups in total. The summed E-state index contributed by atoms with van der Waals surface area (Å²) < 4.78 is -0.0447. The minimum absolute atomic E-state index is 0.0447. The van der Waals surface area contributed by atoms with E-state index >= 15 is 0 Å². The van der Waals surface area contributed by atoms with Gasteiger partial charge in [-0.25, -0.2) is 0 Å². The Hall–Kier alpha value is -0.0200. The molecule has 0 unspecified atom stereocenters. The van der Waals surface area contributed by atoms with Gasteiger partial charge in [-0.1, -0.05) is 78.0 Å². The average molecular weight is 274 g/mol. The number of carbonyl (C=O) groups excluding carboxylic acids is 1. The van der Waals surface area contributed by atoms with Crippen molar-refractivity contribution in [2.75, 3.05) is 0 Å². The second kappa shape index (κ2) is 9.85. The highest BCUT2D eigenvalue weighted by molar-refractivity contribution is 8.14. The van der Waals surface area contributed by atoms with Crippen LogP contribution in [0.1, 0.15) is 79.1 Å². The summed E-state index contributed by atoms with van der Waals surface area (Å²) in [5, 5.41) is 9.90. The van der Waals surface area contributed by atoms with Crippen molar-refractivity contribution in [1.29, 1.82) is 0 Å². The summed E-state index contributed by atoms with van der Waals surface area (Å²) in [6, 6.07) is 0.